The average Bonchev–Trinajstić information content (AvgIpc) is 3.01. The molecule has 21 heavy (non-hydrogen) atoms. The fourth-order valence-corrected chi connectivity index (χ4v) is 2.28. The number of amidine groups is 1. The first-order valence-electron chi connectivity index (χ1n) is 5.69. The molecule has 0 atom stereocenters. The lowest BCUT2D eigenvalue weighted by Gasteiger charge is -2.05. The molecule has 7 nitrogen and oxygen atoms in total. The highest BCUT2D eigenvalue weighted by molar-refractivity contribution is 9.10. The number of ketones is 1. The Kier molecular flexibility index (Phi) is 5.23. The number of hydrogen-bond acceptors (Lipinski definition) is 7. The summed E-state index contributed by atoms with van der Waals surface area (Å²) < 4.78 is 5.75. The molecule has 0 unspecified atom stereocenters. The highest BCUT2D eigenvalue weighted by atomic mass is 79.9. The van der Waals surface area contributed by atoms with Crippen LogP contribution in [0.2, 0.25) is 0 Å². The third kappa shape index (κ3) is 3.99. The molecule has 0 saturated carbocycles. The Hall–Kier alpha value is -2.00. The van der Waals surface area contributed by atoms with Crippen LogP contribution >= 0.6 is 27.3 Å². The number of thiazole rings is 1. The molecule has 2 aromatic heterocycles. The molecule has 0 bridgehead atoms. The fraction of sp³-hybridized carbons (Fsp3) is 0.167. The number of pyridine rings is 1. The molecule has 9 heteroatoms. The molecule has 2 rings (SSSR count). The monoisotopic (exact) mass is 370 g/mol. The van der Waals surface area contributed by atoms with Crippen LogP contribution in [0.4, 0.5) is 0 Å². The Bertz CT molecular complexity index is 661. The smallest absolute Gasteiger partial charge is 0.228 e. The standard InChI is InChI=1S/C12H11BrN4O3S/c1-19-12-7(13)2-3-8(16-12)11(14)17-20-4-10(18)9-5-21-6-15-9/h2-3,5-6H,4H2,1H3,(H2,14,17). The van der Waals surface area contributed by atoms with Crippen molar-refractivity contribution >= 4 is 38.9 Å². The number of rotatable bonds is 6. The summed E-state index contributed by atoms with van der Waals surface area (Å²) in [4.78, 5) is 24.6. The van der Waals surface area contributed by atoms with Gasteiger partial charge >= 0.3 is 0 Å². The number of carbonyl (C=O) groups excluding carboxylic acids is 1. The van der Waals surface area contributed by atoms with Gasteiger partial charge in [-0.25, -0.2) is 9.97 Å². The normalized spacial score (nSPS) is 11.2. The third-order valence-corrected chi connectivity index (χ3v) is 3.54. The van der Waals surface area contributed by atoms with Crippen molar-refractivity contribution in [2.24, 2.45) is 10.9 Å². The molecule has 0 radical (unpaired) electrons. The fourth-order valence-electron chi connectivity index (χ4n) is 1.34. The van der Waals surface area contributed by atoms with Crippen LogP contribution in [0.25, 0.3) is 0 Å². The minimum absolute atomic E-state index is 0.0480. The van der Waals surface area contributed by atoms with Gasteiger partial charge in [0.2, 0.25) is 11.7 Å². The molecular weight excluding hydrogens is 360 g/mol. The van der Waals surface area contributed by atoms with Gasteiger partial charge in [0.15, 0.2) is 12.4 Å². The molecule has 2 heterocycles. The van der Waals surface area contributed by atoms with Crippen molar-refractivity contribution < 1.29 is 14.4 Å². The first kappa shape index (κ1) is 15.4. The van der Waals surface area contributed by atoms with Crippen molar-refractivity contribution in [1.82, 2.24) is 9.97 Å². The van der Waals surface area contributed by atoms with Crippen molar-refractivity contribution in [1.29, 1.82) is 0 Å². The Morgan fingerprint density at radius 2 is 2.29 bits per heavy atom. The molecule has 0 aromatic carbocycles. The predicted octanol–water partition coefficient (Wildman–Crippen LogP) is 1.83. The Morgan fingerprint density at radius 3 is 2.95 bits per heavy atom. The zero-order valence-corrected chi connectivity index (χ0v) is 13.3. The maximum Gasteiger partial charge on any atom is 0.228 e. The summed E-state index contributed by atoms with van der Waals surface area (Å²) in [7, 11) is 1.49. The predicted molar refractivity (Wildman–Crippen MR) is 81.6 cm³/mol. The van der Waals surface area contributed by atoms with Crippen LogP contribution in [0.5, 0.6) is 5.88 Å². The van der Waals surface area contributed by atoms with E-state index in [0.29, 0.717) is 21.7 Å². The highest BCUT2D eigenvalue weighted by Crippen LogP contribution is 2.21. The second-order valence-electron chi connectivity index (χ2n) is 3.73. The van der Waals surface area contributed by atoms with E-state index >= 15 is 0 Å². The second kappa shape index (κ2) is 7.14. The van der Waals surface area contributed by atoms with E-state index in [1.165, 1.54) is 18.4 Å². The van der Waals surface area contributed by atoms with Gasteiger partial charge in [-0.05, 0) is 28.1 Å². The molecule has 2 aromatic rings. The molecule has 0 spiro atoms. The van der Waals surface area contributed by atoms with E-state index in [2.05, 4.69) is 31.1 Å². The molecule has 110 valence electrons. The number of halogens is 1. The average molecular weight is 371 g/mol. The van der Waals surface area contributed by atoms with Gasteiger partial charge in [0, 0.05) is 5.38 Å². The summed E-state index contributed by atoms with van der Waals surface area (Å²) >= 11 is 4.62. The number of hydrogen-bond donors (Lipinski definition) is 1. The lowest BCUT2D eigenvalue weighted by molar-refractivity contribution is 0.0771. The summed E-state index contributed by atoms with van der Waals surface area (Å²) in [5.74, 6) is 0.158. The summed E-state index contributed by atoms with van der Waals surface area (Å²) in [6, 6.07) is 3.38. The molecule has 0 fully saturated rings. The molecule has 0 amide bonds. The van der Waals surface area contributed by atoms with Gasteiger partial charge in [0.25, 0.3) is 0 Å². The van der Waals surface area contributed by atoms with E-state index in [0.717, 1.165) is 0 Å². The topological polar surface area (TPSA) is 99.7 Å². The number of nitrogens with two attached hydrogens (primary N) is 1. The van der Waals surface area contributed by atoms with Gasteiger partial charge in [-0.2, -0.15) is 0 Å². The summed E-state index contributed by atoms with van der Waals surface area (Å²) in [6.07, 6.45) is 0. The minimum atomic E-state index is -0.269. The maximum absolute atomic E-state index is 11.6. The maximum atomic E-state index is 11.6. The lowest BCUT2D eigenvalue weighted by atomic mass is 10.3. The number of methoxy groups -OCH3 is 1. The first-order valence-corrected chi connectivity index (χ1v) is 7.43. The van der Waals surface area contributed by atoms with Crippen molar-refractivity contribution in [3.05, 3.63) is 38.9 Å². The number of ether oxygens (including phenoxy) is 1. The zero-order valence-electron chi connectivity index (χ0n) is 10.9. The zero-order chi connectivity index (χ0) is 15.2. The third-order valence-electron chi connectivity index (χ3n) is 2.35. The van der Waals surface area contributed by atoms with Crippen LogP contribution in [0.3, 0.4) is 0 Å². The molecular formula is C12H11BrN4O3S. The minimum Gasteiger partial charge on any atom is -0.480 e. The van der Waals surface area contributed by atoms with Crippen LogP contribution in [-0.2, 0) is 4.84 Å². The van der Waals surface area contributed by atoms with E-state index in [1.807, 2.05) is 0 Å². The van der Waals surface area contributed by atoms with Crippen molar-refractivity contribution in [2.45, 2.75) is 0 Å². The Balaban J connectivity index is 1.99. The van der Waals surface area contributed by atoms with E-state index in [1.54, 1.807) is 23.0 Å². The van der Waals surface area contributed by atoms with Crippen LogP contribution in [0.15, 0.2) is 32.7 Å². The van der Waals surface area contributed by atoms with Gasteiger partial charge in [0.05, 0.1) is 17.1 Å². The molecule has 0 saturated heterocycles. The van der Waals surface area contributed by atoms with Gasteiger partial charge in [0.1, 0.15) is 11.4 Å². The summed E-state index contributed by atoms with van der Waals surface area (Å²) in [6.45, 7) is -0.238. The van der Waals surface area contributed by atoms with E-state index < -0.39 is 0 Å². The largest absolute Gasteiger partial charge is 0.480 e. The van der Waals surface area contributed by atoms with Gasteiger partial charge in [-0.3, -0.25) is 4.79 Å². The lowest BCUT2D eigenvalue weighted by Crippen LogP contribution is -2.17. The van der Waals surface area contributed by atoms with Crippen LogP contribution < -0.4 is 10.5 Å². The SMILES string of the molecule is COc1nc(/C(N)=N/OCC(=O)c2cscn2)ccc1Br. The van der Waals surface area contributed by atoms with E-state index in [9.17, 15) is 4.79 Å². The van der Waals surface area contributed by atoms with Crippen molar-refractivity contribution in [2.75, 3.05) is 13.7 Å². The van der Waals surface area contributed by atoms with Gasteiger partial charge < -0.3 is 15.3 Å². The van der Waals surface area contributed by atoms with E-state index in [-0.39, 0.29) is 18.2 Å². The number of oxime groups is 1. The second-order valence-corrected chi connectivity index (χ2v) is 5.31. The number of aromatic nitrogens is 2. The van der Waals surface area contributed by atoms with Crippen molar-refractivity contribution in [3.63, 3.8) is 0 Å². The van der Waals surface area contributed by atoms with Crippen LogP contribution in [0, 0.1) is 0 Å². The molecule has 0 aliphatic carbocycles. The number of Topliss-reactive ketones (excluding diaryl/α,β-unsaturated/α-hetero) is 1. The Labute approximate surface area is 132 Å². The number of carbonyl (C=O) groups is 1. The number of nitrogens with zero attached hydrogens (tertiary/aromatic N) is 3. The molecule has 0 aliphatic heterocycles. The van der Waals surface area contributed by atoms with Crippen LogP contribution in [0.1, 0.15) is 16.2 Å². The highest BCUT2D eigenvalue weighted by Gasteiger charge is 2.10. The van der Waals surface area contributed by atoms with Gasteiger partial charge in [-0.1, -0.05) is 5.16 Å². The summed E-state index contributed by atoms with van der Waals surface area (Å²) in [5, 5.41) is 5.30. The quantitative estimate of drug-likeness (QED) is 0.360. The molecule has 0 aliphatic rings. The first-order chi connectivity index (χ1) is 10.1. The summed E-state index contributed by atoms with van der Waals surface area (Å²) in [5.41, 5.74) is 8.04. The van der Waals surface area contributed by atoms with Crippen LogP contribution in [-0.4, -0.2) is 35.3 Å². The molecule has 2 N–H and O–H groups in total. The van der Waals surface area contributed by atoms with E-state index in [4.69, 9.17) is 15.3 Å². The Morgan fingerprint density at radius 1 is 1.48 bits per heavy atom. The van der Waals surface area contributed by atoms with Crippen molar-refractivity contribution in [3.8, 4) is 5.88 Å². The van der Waals surface area contributed by atoms with Gasteiger partial charge in [-0.15, -0.1) is 11.3 Å².